The number of hydrogen-bond donors (Lipinski definition) is 2. The molecule has 2 aromatic carbocycles. The van der Waals surface area contributed by atoms with Crippen molar-refractivity contribution in [1.29, 1.82) is 0 Å². The van der Waals surface area contributed by atoms with E-state index in [1.807, 2.05) is 34.7 Å². The van der Waals surface area contributed by atoms with Crippen molar-refractivity contribution in [2.24, 2.45) is 5.10 Å². The molecule has 0 amide bonds. The summed E-state index contributed by atoms with van der Waals surface area (Å²) >= 11 is 1.62. The number of phenols is 2. The minimum atomic E-state index is -0.307. The lowest BCUT2D eigenvalue weighted by Gasteiger charge is -2.37. The van der Waals surface area contributed by atoms with Crippen molar-refractivity contribution in [3.8, 4) is 17.2 Å². The Hall–Kier alpha value is -2.99. The first kappa shape index (κ1) is 15.3. The fraction of sp³-hybridized carbons (Fsp3) is 0.150. The van der Waals surface area contributed by atoms with Gasteiger partial charge in [0.15, 0.2) is 0 Å². The number of benzene rings is 2. The van der Waals surface area contributed by atoms with E-state index >= 15 is 0 Å². The summed E-state index contributed by atoms with van der Waals surface area (Å²) in [6.45, 7) is 0. The van der Waals surface area contributed by atoms with Crippen molar-refractivity contribution in [3.63, 3.8) is 0 Å². The van der Waals surface area contributed by atoms with Gasteiger partial charge in [0.25, 0.3) is 0 Å². The van der Waals surface area contributed by atoms with Gasteiger partial charge in [0.05, 0.1) is 11.8 Å². The first-order chi connectivity index (χ1) is 12.7. The van der Waals surface area contributed by atoms with Crippen LogP contribution in [0.5, 0.6) is 17.2 Å². The molecular formula is C20H16N2O3S. The summed E-state index contributed by atoms with van der Waals surface area (Å²) in [4.78, 5) is 0. The fourth-order valence-corrected chi connectivity index (χ4v) is 4.25. The largest absolute Gasteiger partial charge is 0.508 e. The van der Waals surface area contributed by atoms with Crippen LogP contribution in [0.4, 0.5) is 0 Å². The van der Waals surface area contributed by atoms with Gasteiger partial charge in [-0.3, -0.25) is 0 Å². The molecule has 0 saturated heterocycles. The zero-order valence-electron chi connectivity index (χ0n) is 13.7. The Kier molecular flexibility index (Phi) is 3.39. The number of rotatable bonds is 2. The van der Waals surface area contributed by atoms with E-state index in [2.05, 4.69) is 11.4 Å². The third kappa shape index (κ3) is 2.34. The number of thiophene rings is 1. The molecule has 0 unspecified atom stereocenters. The second-order valence-corrected chi connectivity index (χ2v) is 7.19. The van der Waals surface area contributed by atoms with Gasteiger partial charge in [-0.1, -0.05) is 18.2 Å². The lowest BCUT2D eigenvalue weighted by molar-refractivity contribution is -0.0187. The van der Waals surface area contributed by atoms with Gasteiger partial charge in [-0.25, -0.2) is 5.01 Å². The predicted octanol–water partition coefficient (Wildman–Crippen LogP) is 4.40. The molecule has 3 heterocycles. The molecule has 6 heteroatoms. The minimum Gasteiger partial charge on any atom is -0.508 e. The molecule has 0 spiro atoms. The van der Waals surface area contributed by atoms with Crippen LogP contribution in [0, 0.1) is 0 Å². The van der Waals surface area contributed by atoms with Crippen LogP contribution in [-0.2, 0) is 0 Å². The number of para-hydroxylation sites is 1. The van der Waals surface area contributed by atoms with Crippen LogP contribution >= 0.6 is 11.3 Å². The molecule has 2 aliphatic heterocycles. The zero-order chi connectivity index (χ0) is 17.7. The monoisotopic (exact) mass is 364 g/mol. The molecule has 130 valence electrons. The van der Waals surface area contributed by atoms with Crippen LogP contribution in [0.2, 0.25) is 0 Å². The van der Waals surface area contributed by atoms with Crippen LogP contribution in [0.15, 0.2) is 64.4 Å². The van der Waals surface area contributed by atoms with E-state index in [9.17, 15) is 10.2 Å². The molecule has 0 fully saturated rings. The van der Waals surface area contributed by atoms with Crippen LogP contribution in [0.3, 0.4) is 0 Å². The second-order valence-electron chi connectivity index (χ2n) is 6.41. The van der Waals surface area contributed by atoms with Gasteiger partial charge < -0.3 is 14.9 Å². The van der Waals surface area contributed by atoms with Crippen LogP contribution in [0.1, 0.15) is 35.4 Å². The maximum Gasteiger partial charge on any atom is 0.214 e. The molecule has 0 radical (unpaired) electrons. The van der Waals surface area contributed by atoms with E-state index in [4.69, 9.17) is 9.84 Å². The number of ether oxygens (including phenoxy) is 1. The van der Waals surface area contributed by atoms with Crippen molar-refractivity contribution >= 4 is 17.0 Å². The lowest BCUT2D eigenvalue weighted by atomic mass is 9.96. The fourth-order valence-electron chi connectivity index (χ4n) is 3.59. The highest BCUT2D eigenvalue weighted by Gasteiger charge is 2.41. The summed E-state index contributed by atoms with van der Waals surface area (Å²) in [7, 11) is 0. The summed E-state index contributed by atoms with van der Waals surface area (Å²) in [6.07, 6.45) is 0.330. The van der Waals surface area contributed by atoms with Gasteiger partial charge in [-0.2, -0.15) is 16.4 Å². The highest BCUT2D eigenvalue weighted by molar-refractivity contribution is 7.07. The lowest BCUT2D eigenvalue weighted by Crippen LogP contribution is -2.33. The van der Waals surface area contributed by atoms with Gasteiger partial charge in [-0.15, -0.1) is 0 Å². The first-order valence-electron chi connectivity index (χ1n) is 8.36. The maximum atomic E-state index is 10.2. The molecule has 0 saturated carbocycles. The van der Waals surface area contributed by atoms with E-state index in [-0.39, 0.29) is 23.8 Å². The van der Waals surface area contributed by atoms with Crippen LogP contribution in [0.25, 0.3) is 0 Å². The van der Waals surface area contributed by atoms with Gasteiger partial charge in [-0.05, 0) is 41.1 Å². The average molecular weight is 364 g/mol. The third-order valence-corrected chi connectivity index (χ3v) is 5.52. The summed E-state index contributed by atoms with van der Waals surface area (Å²) in [5.41, 5.74) is 3.43. The van der Waals surface area contributed by atoms with Gasteiger partial charge in [0, 0.05) is 23.1 Å². The molecular weight excluding hydrogens is 348 g/mol. The summed E-state index contributed by atoms with van der Waals surface area (Å²) in [6, 6.07) is 14.6. The number of hydrogen-bond acceptors (Lipinski definition) is 6. The number of hydrazone groups is 1. The topological polar surface area (TPSA) is 65.3 Å². The van der Waals surface area contributed by atoms with Crippen molar-refractivity contribution < 1.29 is 14.9 Å². The molecule has 2 aliphatic rings. The number of phenolic OH excluding ortho intramolecular Hbond substituents is 2. The van der Waals surface area contributed by atoms with Crippen LogP contribution in [-0.4, -0.2) is 20.9 Å². The SMILES string of the molecule is Oc1ccc(O)c(C2=NN3[C@@H](C2)c2ccccc2O[C@H]3c2ccsc2)c1. The van der Waals surface area contributed by atoms with Crippen molar-refractivity contribution in [1.82, 2.24) is 5.01 Å². The molecule has 0 bridgehead atoms. The van der Waals surface area contributed by atoms with Crippen LogP contribution < -0.4 is 4.74 Å². The zero-order valence-corrected chi connectivity index (χ0v) is 14.6. The minimum absolute atomic E-state index is 0.0293. The van der Waals surface area contributed by atoms with E-state index in [0.29, 0.717) is 12.0 Å². The number of fused-ring (bicyclic) bond motifs is 3. The Balaban J connectivity index is 1.62. The molecule has 0 aliphatic carbocycles. The second kappa shape index (κ2) is 5.78. The molecule has 2 atom stereocenters. The normalized spacial score (nSPS) is 20.9. The highest BCUT2D eigenvalue weighted by atomic mass is 32.1. The standard InChI is InChI=1S/C20H16N2O3S/c23-13-5-6-18(24)15(9-13)16-10-17-14-3-1-2-4-19(14)25-20(22(17)21-16)12-7-8-26-11-12/h1-9,11,17,20,23-24H,10H2/t17-,20-/m0/s1. The Bertz CT molecular complexity index is 1000. The van der Waals surface area contributed by atoms with Crippen molar-refractivity contribution in [2.75, 3.05) is 0 Å². The molecule has 1 aromatic heterocycles. The summed E-state index contributed by atoms with van der Waals surface area (Å²) in [5, 5.41) is 30.9. The third-order valence-electron chi connectivity index (χ3n) is 4.82. The summed E-state index contributed by atoms with van der Waals surface area (Å²) < 4.78 is 6.24. The van der Waals surface area contributed by atoms with E-state index in [0.717, 1.165) is 22.6 Å². The Morgan fingerprint density at radius 3 is 2.85 bits per heavy atom. The van der Waals surface area contributed by atoms with Gasteiger partial charge in [0.2, 0.25) is 6.23 Å². The highest BCUT2D eigenvalue weighted by Crippen LogP contribution is 2.48. The quantitative estimate of drug-likeness (QED) is 0.662. The van der Waals surface area contributed by atoms with Crippen molar-refractivity contribution in [2.45, 2.75) is 18.7 Å². The Morgan fingerprint density at radius 1 is 1.12 bits per heavy atom. The van der Waals surface area contributed by atoms with Gasteiger partial charge >= 0.3 is 0 Å². The van der Waals surface area contributed by atoms with E-state index in [1.54, 1.807) is 17.4 Å². The first-order valence-corrected chi connectivity index (χ1v) is 9.31. The molecule has 5 rings (SSSR count). The molecule has 2 N–H and O–H groups in total. The van der Waals surface area contributed by atoms with Gasteiger partial charge in [0.1, 0.15) is 17.2 Å². The maximum absolute atomic E-state index is 10.2. The van der Waals surface area contributed by atoms with E-state index in [1.165, 1.54) is 12.1 Å². The van der Waals surface area contributed by atoms with E-state index < -0.39 is 0 Å². The van der Waals surface area contributed by atoms with Crippen molar-refractivity contribution in [3.05, 3.63) is 76.0 Å². The molecule has 3 aromatic rings. The smallest absolute Gasteiger partial charge is 0.214 e. The Labute approximate surface area is 154 Å². The Morgan fingerprint density at radius 2 is 2.00 bits per heavy atom. The average Bonchev–Trinajstić information content (AvgIpc) is 3.33. The molecule has 26 heavy (non-hydrogen) atoms. The number of aromatic hydroxyl groups is 2. The summed E-state index contributed by atoms with van der Waals surface area (Å²) in [5.74, 6) is 1.08. The number of nitrogens with zero attached hydrogens (tertiary/aromatic N) is 2. The predicted molar refractivity (Wildman–Crippen MR) is 99.6 cm³/mol. The molecule has 5 nitrogen and oxygen atoms in total.